The molecule has 5 nitrogen and oxygen atoms in total. The van der Waals surface area contributed by atoms with E-state index in [1.165, 1.54) is 12.3 Å². The van der Waals surface area contributed by atoms with Crippen LogP contribution in [0.25, 0.3) is 0 Å². The molecule has 22 heavy (non-hydrogen) atoms. The van der Waals surface area contributed by atoms with Crippen LogP contribution in [0.1, 0.15) is 12.8 Å². The minimum Gasteiger partial charge on any atom is -0.433 e. The van der Waals surface area contributed by atoms with Crippen LogP contribution in [-0.4, -0.2) is 29.1 Å². The second-order valence-corrected chi connectivity index (χ2v) is 6.10. The van der Waals surface area contributed by atoms with E-state index < -0.39 is 5.82 Å². The molecule has 3 rings (SSSR count). The Hall–Kier alpha value is -1.73. The van der Waals surface area contributed by atoms with E-state index >= 15 is 0 Å². The molecule has 7 heteroatoms. The highest BCUT2D eigenvalue weighted by Crippen LogP contribution is 2.31. The summed E-state index contributed by atoms with van der Waals surface area (Å²) in [5.74, 6) is 0.598. The van der Waals surface area contributed by atoms with Gasteiger partial charge >= 0.3 is 0 Å². The molecule has 0 spiro atoms. The highest BCUT2D eigenvalue weighted by atomic mass is 79.9. The van der Waals surface area contributed by atoms with Gasteiger partial charge in [0, 0.05) is 36.0 Å². The van der Waals surface area contributed by atoms with Crippen molar-refractivity contribution in [2.45, 2.75) is 18.9 Å². The van der Waals surface area contributed by atoms with Crippen LogP contribution in [0.4, 0.5) is 10.2 Å². The molecule has 1 aliphatic heterocycles. The number of piperidine rings is 1. The molecule has 0 amide bonds. The summed E-state index contributed by atoms with van der Waals surface area (Å²) >= 11 is 3.22. The highest BCUT2D eigenvalue weighted by molar-refractivity contribution is 9.10. The maximum absolute atomic E-state index is 13.9. The Labute approximate surface area is 136 Å². The maximum Gasteiger partial charge on any atom is 0.263 e. The second-order valence-electron chi connectivity index (χ2n) is 5.19. The van der Waals surface area contributed by atoms with Crippen LogP contribution in [0.15, 0.2) is 35.1 Å². The van der Waals surface area contributed by atoms with Gasteiger partial charge in [0.25, 0.3) is 5.88 Å². The van der Waals surface area contributed by atoms with Gasteiger partial charge in [-0.3, -0.25) is 0 Å². The van der Waals surface area contributed by atoms with Crippen molar-refractivity contribution in [2.75, 3.05) is 18.0 Å². The van der Waals surface area contributed by atoms with Crippen molar-refractivity contribution in [1.29, 1.82) is 0 Å². The quantitative estimate of drug-likeness (QED) is 0.903. The molecule has 0 radical (unpaired) electrons. The SMILES string of the molecule is NC1CCN(c2nccnc2Oc2ccc(Br)cc2F)CC1. The minimum atomic E-state index is -0.452. The van der Waals surface area contributed by atoms with Crippen molar-refractivity contribution in [2.24, 2.45) is 5.73 Å². The lowest BCUT2D eigenvalue weighted by atomic mass is 10.1. The number of hydrogen-bond donors (Lipinski definition) is 1. The minimum absolute atomic E-state index is 0.124. The van der Waals surface area contributed by atoms with Gasteiger partial charge in [-0.05, 0) is 31.0 Å². The van der Waals surface area contributed by atoms with E-state index in [2.05, 4.69) is 30.8 Å². The van der Waals surface area contributed by atoms with Crippen molar-refractivity contribution in [3.63, 3.8) is 0 Å². The third-order valence-corrected chi connectivity index (χ3v) is 4.08. The van der Waals surface area contributed by atoms with Gasteiger partial charge in [-0.1, -0.05) is 15.9 Å². The zero-order valence-corrected chi connectivity index (χ0v) is 13.5. The molecule has 116 valence electrons. The fourth-order valence-electron chi connectivity index (χ4n) is 2.38. The molecule has 0 bridgehead atoms. The van der Waals surface area contributed by atoms with Gasteiger partial charge in [-0.25, -0.2) is 14.4 Å². The van der Waals surface area contributed by atoms with Gasteiger partial charge in [-0.15, -0.1) is 0 Å². The zero-order valence-electron chi connectivity index (χ0n) is 11.9. The molecule has 1 aromatic heterocycles. The Morgan fingerprint density at radius 2 is 1.95 bits per heavy atom. The molecule has 2 aromatic rings. The first-order valence-electron chi connectivity index (χ1n) is 7.08. The summed E-state index contributed by atoms with van der Waals surface area (Å²) in [7, 11) is 0. The van der Waals surface area contributed by atoms with Crippen molar-refractivity contribution in [1.82, 2.24) is 9.97 Å². The number of benzene rings is 1. The fourth-order valence-corrected chi connectivity index (χ4v) is 2.71. The number of aromatic nitrogens is 2. The summed E-state index contributed by atoms with van der Waals surface area (Å²) in [6.07, 6.45) is 4.92. The molecule has 0 saturated carbocycles. The molecule has 0 unspecified atom stereocenters. The van der Waals surface area contributed by atoms with E-state index in [1.807, 2.05) is 0 Å². The molecular weight excluding hydrogens is 351 g/mol. The molecule has 2 N–H and O–H groups in total. The molecule has 1 fully saturated rings. The average molecular weight is 367 g/mol. The Kier molecular flexibility index (Phi) is 4.54. The fraction of sp³-hybridized carbons (Fsp3) is 0.333. The Morgan fingerprint density at radius 1 is 1.23 bits per heavy atom. The molecule has 1 saturated heterocycles. The van der Waals surface area contributed by atoms with Gasteiger partial charge in [-0.2, -0.15) is 0 Å². The lowest BCUT2D eigenvalue weighted by Crippen LogP contribution is -2.40. The van der Waals surface area contributed by atoms with E-state index in [0.717, 1.165) is 25.9 Å². The van der Waals surface area contributed by atoms with Crippen molar-refractivity contribution >= 4 is 21.7 Å². The number of halogens is 2. The summed E-state index contributed by atoms with van der Waals surface area (Å²) in [6.45, 7) is 1.58. The van der Waals surface area contributed by atoms with E-state index in [-0.39, 0.29) is 11.8 Å². The number of hydrogen-bond acceptors (Lipinski definition) is 5. The van der Waals surface area contributed by atoms with Gasteiger partial charge in [0.1, 0.15) is 0 Å². The summed E-state index contributed by atoms with van der Waals surface area (Å²) in [4.78, 5) is 10.6. The maximum atomic E-state index is 13.9. The number of ether oxygens (including phenoxy) is 1. The van der Waals surface area contributed by atoms with Gasteiger partial charge in [0.05, 0.1) is 0 Å². The summed E-state index contributed by atoms with van der Waals surface area (Å²) in [5, 5.41) is 0. The first-order chi connectivity index (χ1) is 10.6. The second kappa shape index (κ2) is 6.58. The normalized spacial score (nSPS) is 15.9. The van der Waals surface area contributed by atoms with Gasteiger partial charge < -0.3 is 15.4 Å². The third-order valence-electron chi connectivity index (χ3n) is 3.59. The summed E-state index contributed by atoms with van der Waals surface area (Å²) < 4.78 is 20.2. The van der Waals surface area contributed by atoms with E-state index in [9.17, 15) is 4.39 Å². The lowest BCUT2D eigenvalue weighted by molar-refractivity contribution is 0.420. The molecule has 0 aliphatic carbocycles. The van der Waals surface area contributed by atoms with Crippen LogP contribution in [0.2, 0.25) is 0 Å². The first kappa shape index (κ1) is 15.2. The van der Waals surface area contributed by atoms with Crippen LogP contribution in [0.3, 0.4) is 0 Å². The Morgan fingerprint density at radius 3 is 2.68 bits per heavy atom. The highest BCUT2D eigenvalue weighted by Gasteiger charge is 2.21. The molecule has 2 heterocycles. The molecular formula is C15H16BrFN4O. The topological polar surface area (TPSA) is 64.3 Å². The predicted molar refractivity (Wildman–Crippen MR) is 85.6 cm³/mol. The largest absolute Gasteiger partial charge is 0.433 e. The van der Waals surface area contributed by atoms with E-state index in [4.69, 9.17) is 10.5 Å². The number of rotatable bonds is 3. The van der Waals surface area contributed by atoms with Crippen LogP contribution >= 0.6 is 15.9 Å². The average Bonchev–Trinajstić information content (AvgIpc) is 2.51. The smallest absolute Gasteiger partial charge is 0.263 e. The standard InChI is InChI=1S/C15H16BrFN4O/c16-10-1-2-13(12(17)9-10)22-15-14(19-5-6-20-15)21-7-3-11(18)4-8-21/h1-2,5-6,9,11H,3-4,7-8,18H2. The Bertz CT molecular complexity index is 662. The first-order valence-corrected chi connectivity index (χ1v) is 7.87. The lowest BCUT2D eigenvalue weighted by Gasteiger charge is -2.31. The van der Waals surface area contributed by atoms with E-state index in [0.29, 0.717) is 16.2 Å². The number of anilines is 1. The van der Waals surface area contributed by atoms with Gasteiger partial charge in [0.15, 0.2) is 17.4 Å². The molecule has 0 atom stereocenters. The Balaban J connectivity index is 1.85. The molecule has 1 aliphatic rings. The third kappa shape index (κ3) is 3.36. The summed E-state index contributed by atoms with van der Waals surface area (Å²) in [5.41, 5.74) is 5.92. The van der Waals surface area contributed by atoms with Crippen molar-refractivity contribution in [3.8, 4) is 11.6 Å². The predicted octanol–water partition coefficient (Wildman–Crippen LogP) is 3.10. The van der Waals surface area contributed by atoms with Crippen LogP contribution < -0.4 is 15.4 Å². The number of nitrogens with two attached hydrogens (primary N) is 1. The zero-order chi connectivity index (χ0) is 15.5. The number of nitrogens with zero attached hydrogens (tertiary/aromatic N) is 3. The van der Waals surface area contributed by atoms with Gasteiger partial charge in [0.2, 0.25) is 0 Å². The van der Waals surface area contributed by atoms with Crippen molar-refractivity contribution < 1.29 is 9.13 Å². The van der Waals surface area contributed by atoms with Crippen LogP contribution in [0, 0.1) is 5.82 Å². The molecule has 1 aromatic carbocycles. The van der Waals surface area contributed by atoms with Crippen LogP contribution in [-0.2, 0) is 0 Å². The van der Waals surface area contributed by atoms with Crippen LogP contribution in [0.5, 0.6) is 11.6 Å². The monoisotopic (exact) mass is 366 g/mol. The van der Waals surface area contributed by atoms with Crippen molar-refractivity contribution in [3.05, 3.63) is 40.9 Å². The van der Waals surface area contributed by atoms with E-state index in [1.54, 1.807) is 18.3 Å². The summed E-state index contributed by atoms with van der Waals surface area (Å²) in [6, 6.07) is 4.85.